The third-order valence-corrected chi connectivity index (χ3v) is 3.52. The third kappa shape index (κ3) is 4.57. The number of anilines is 1. The summed E-state index contributed by atoms with van der Waals surface area (Å²) in [6, 6.07) is 5.91. The summed E-state index contributed by atoms with van der Waals surface area (Å²) < 4.78 is 0. The molecule has 0 saturated heterocycles. The Morgan fingerprint density at radius 3 is 2.59 bits per heavy atom. The zero-order chi connectivity index (χ0) is 12.8. The fourth-order valence-corrected chi connectivity index (χ4v) is 1.94. The van der Waals surface area contributed by atoms with Crippen LogP contribution >= 0.6 is 11.6 Å². The van der Waals surface area contributed by atoms with Gasteiger partial charge in [-0.1, -0.05) is 44.9 Å². The Morgan fingerprint density at radius 1 is 1.35 bits per heavy atom. The molecule has 0 bridgehead atoms. The first kappa shape index (κ1) is 14.3. The lowest BCUT2D eigenvalue weighted by atomic mass is 10.1. The van der Waals surface area contributed by atoms with E-state index >= 15 is 0 Å². The number of halogens is 1. The monoisotopic (exact) mass is 254 g/mol. The molecule has 2 nitrogen and oxygen atoms in total. The van der Waals surface area contributed by atoms with Gasteiger partial charge in [0, 0.05) is 13.1 Å². The summed E-state index contributed by atoms with van der Waals surface area (Å²) in [5, 5.41) is 0.638. The van der Waals surface area contributed by atoms with Gasteiger partial charge in [0.05, 0.1) is 10.7 Å². The number of hydrogen-bond donors (Lipinski definition) is 1. The first-order valence-corrected chi connectivity index (χ1v) is 6.70. The third-order valence-electron chi connectivity index (χ3n) is 3.18. The molecule has 0 aliphatic rings. The van der Waals surface area contributed by atoms with Crippen LogP contribution in [-0.4, -0.2) is 18.0 Å². The van der Waals surface area contributed by atoms with Crippen LogP contribution in [0.25, 0.3) is 0 Å². The van der Waals surface area contributed by atoms with Crippen LogP contribution in [0.4, 0.5) is 5.69 Å². The van der Waals surface area contributed by atoms with Crippen molar-refractivity contribution in [1.29, 1.82) is 0 Å². The average Bonchev–Trinajstić information content (AvgIpc) is 2.32. The van der Waals surface area contributed by atoms with Crippen molar-refractivity contribution in [1.82, 2.24) is 4.90 Å². The Labute approximate surface area is 110 Å². The van der Waals surface area contributed by atoms with Gasteiger partial charge in [-0.3, -0.25) is 4.90 Å². The minimum atomic E-state index is 0.638. The smallest absolute Gasteiger partial charge is 0.0635 e. The molecule has 0 heterocycles. The zero-order valence-electron chi connectivity index (χ0n) is 11.0. The van der Waals surface area contributed by atoms with Crippen LogP contribution in [0.1, 0.15) is 32.8 Å². The van der Waals surface area contributed by atoms with Gasteiger partial charge in [-0.15, -0.1) is 0 Å². The number of hydrogen-bond acceptors (Lipinski definition) is 2. The molecule has 0 saturated carbocycles. The van der Waals surface area contributed by atoms with Gasteiger partial charge in [0.1, 0.15) is 0 Å². The summed E-state index contributed by atoms with van der Waals surface area (Å²) in [5.74, 6) is 0.736. The molecule has 0 fully saturated rings. The van der Waals surface area contributed by atoms with Crippen LogP contribution < -0.4 is 5.73 Å². The molecule has 0 spiro atoms. The fraction of sp³-hybridized carbons (Fsp3) is 0.571. The average molecular weight is 255 g/mol. The van der Waals surface area contributed by atoms with Gasteiger partial charge >= 0.3 is 0 Å². The molecule has 17 heavy (non-hydrogen) atoms. The lowest BCUT2D eigenvalue weighted by Gasteiger charge is -2.24. The predicted molar refractivity (Wildman–Crippen MR) is 76.3 cm³/mol. The lowest BCUT2D eigenvalue weighted by Crippen LogP contribution is -2.27. The van der Waals surface area contributed by atoms with E-state index in [0.29, 0.717) is 10.7 Å². The topological polar surface area (TPSA) is 29.3 Å². The standard InChI is InChI=1S/C14H23ClN2/c1-4-11(3)9-17(5-2)10-12-6-7-13(15)14(16)8-12/h6-8,11H,4-5,9-10,16H2,1-3H3. The lowest BCUT2D eigenvalue weighted by molar-refractivity contribution is 0.238. The van der Waals surface area contributed by atoms with Gasteiger partial charge in [0.25, 0.3) is 0 Å². The van der Waals surface area contributed by atoms with Crippen molar-refractivity contribution >= 4 is 17.3 Å². The maximum Gasteiger partial charge on any atom is 0.0635 e. The predicted octanol–water partition coefficient (Wildman–Crippen LogP) is 3.79. The van der Waals surface area contributed by atoms with Crippen molar-refractivity contribution < 1.29 is 0 Å². The molecule has 96 valence electrons. The minimum absolute atomic E-state index is 0.638. The highest BCUT2D eigenvalue weighted by Crippen LogP contribution is 2.20. The number of nitrogens with two attached hydrogens (primary N) is 1. The Bertz CT molecular complexity index is 352. The van der Waals surface area contributed by atoms with Crippen LogP contribution in [0.5, 0.6) is 0 Å². The Morgan fingerprint density at radius 2 is 2.06 bits per heavy atom. The first-order valence-electron chi connectivity index (χ1n) is 6.33. The summed E-state index contributed by atoms with van der Waals surface area (Å²) in [5.41, 5.74) is 7.72. The van der Waals surface area contributed by atoms with Crippen LogP contribution in [0.2, 0.25) is 5.02 Å². The Hall–Kier alpha value is -0.730. The molecular formula is C14H23ClN2. The van der Waals surface area contributed by atoms with Gasteiger partial charge in [-0.05, 0) is 30.2 Å². The van der Waals surface area contributed by atoms with E-state index in [2.05, 4.69) is 31.7 Å². The largest absolute Gasteiger partial charge is 0.398 e. The van der Waals surface area contributed by atoms with E-state index in [0.717, 1.165) is 25.6 Å². The van der Waals surface area contributed by atoms with E-state index in [1.54, 1.807) is 0 Å². The van der Waals surface area contributed by atoms with Gasteiger partial charge in [-0.25, -0.2) is 0 Å². The van der Waals surface area contributed by atoms with Crippen LogP contribution in [0.3, 0.4) is 0 Å². The first-order chi connectivity index (χ1) is 8.06. The van der Waals surface area contributed by atoms with E-state index in [4.69, 9.17) is 17.3 Å². The summed E-state index contributed by atoms with van der Waals surface area (Å²) >= 11 is 5.92. The molecule has 1 atom stereocenters. The van der Waals surface area contributed by atoms with Crippen LogP contribution in [0.15, 0.2) is 18.2 Å². The second-order valence-corrected chi connectivity index (χ2v) is 5.10. The molecular weight excluding hydrogens is 232 g/mol. The molecule has 1 unspecified atom stereocenters. The van der Waals surface area contributed by atoms with E-state index in [-0.39, 0.29) is 0 Å². The highest BCUT2D eigenvalue weighted by atomic mass is 35.5. The van der Waals surface area contributed by atoms with E-state index in [9.17, 15) is 0 Å². The molecule has 0 amide bonds. The summed E-state index contributed by atoms with van der Waals surface area (Å²) in [7, 11) is 0. The highest BCUT2D eigenvalue weighted by Gasteiger charge is 2.08. The SMILES string of the molecule is CCC(C)CN(CC)Cc1ccc(Cl)c(N)c1. The highest BCUT2D eigenvalue weighted by molar-refractivity contribution is 6.33. The normalized spacial score (nSPS) is 13.0. The maximum absolute atomic E-state index is 5.92. The molecule has 3 heteroatoms. The number of nitrogen functional groups attached to an aromatic ring is 1. The number of benzene rings is 1. The number of nitrogens with zero attached hydrogens (tertiary/aromatic N) is 1. The second kappa shape index (κ2) is 6.87. The fourth-order valence-electron chi connectivity index (χ4n) is 1.83. The summed E-state index contributed by atoms with van der Waals surface area (Å²) in [4.78, 5) is 2.44. The van der Waals surface area contributed by atoms with Crippen molar-refractivity contribution in [2.45, 2.75) is 33.7 Å². The molecule has 1 aromatic carbocycles. The van der Waals surface area contributed by atoms with Gasteiger partial charge in [0.15, 0.2) is 0 Å². The molecule has 1 aromatic rings. The zero-order valence-corrected chi connectivity index (χ0v) is 11.8. The Balaban J connectivity index is 2.63. The molecule has 0 radical (unpaired) electrons. The van der Waals surface area contributed by atoms with E-state index < -0.39 is 0 Å². The van der Waals surface area contributed by atoms with Crippen molar-refractivity contribution in [3.8, 4) is 0 Å². The van der Waals surface area contributed by atoms with Crippen molar-refractivity contribution in [2.24, 2.45) is 5.92 Å². The van der Waals surface area contributed by atoms with Crippen molar-refractivity contribution in [3.05, 3.63) is 28.8 Å². The summed E-state index contributed by atoms with van der Waals surface area (Å²) in [6.45, 7) is 9.87. The van der Waals surface area contributed by atoms with Crippen LogP contribution in [-0.2, 0) is 6.54 Å². The minimum Gasteiger partial charge on any atom is -0.398 e. The van der Waals surface area contributed by atoms with E-state index in [1.807, 2.05) is 12.1 Å². The summed E-state index contributed by atoms with van der Waals surface area (Å²) in [6.07, 6.45) is 1.22. The van der Waals surface area contributed by atoms with Crippen molar-refractivity contribution in [3.63, 3.8) is 0 Å². The second-order valence-electron chi connectivity index (χ2n) is 4.70. The van der Waals surface area contributed by atoms with Gasteiger partial charge in [0.2, 0.25) is 0 Å². The molecule has 2 N–H and O–H groups in total. The molecule has 0 aliphatic carbocycles. The Kier molecular flexibility index (Phi) is 5.79. The van der Waals surface area contributed by atoms with Crippen LogP contribution in [0, 0.1) is 5.92 Å². The van der Waals surface area contributed by atoms with E-state index in [1.165, 1.54) is 12.0 Å². The molecule has 0 aliphatic heterocycles. The molecule has 1 rings (SSSR count). The van der Waals surface area contributed by atoms with Crippen molar-refractivity contribution in [2.75, 3.05) is 18.8 Å². The van der Waals surface area contributed by atoms with Gasteiger partial charge < -0.3 is 5.73 Å². The molecule has 0 aromatic heterocycles. The quantitative estimate of drug-likeness (QED) is 0.783. The maximum atomic E-state index is 5.92. The van der Waals surface area contributed by atoms with Gasteiger partial charge in [-0.2, -0.15) is 0 Å². The number of rotatable bonds is 6.